The number of aliphatic hydroxyl groups is 32. The zero-order chi connectivity index (χ0) is 81.4. The maximum atomic E-state index is 11.9. The minimum Gasteiger partial charge on any atom is -0.394 e. The van der Waals surface area contributed by atoms with Gasteiger partial charge < -0.3 is 253 Å². The molecule has 50 atom stereocenters. The van der Waals surface area contributed by atoms with Crippen LogP contribution in [0.15, 0.2) is 0 Å². The van der Waals surface area contributed by atoms with Gasteiger partial charge in [0.2, 0.25) is 0 Å². The Morgan fingerprint density at radius 1 is 0.135 bits per heavy atom. The van der Waals surface area contributed by atoms with Gasteiger partial charge >= 0.3 is 0 Å². The molecule has 10 saturated heterocycles. The van der Waals surface area contributed by atoms with Crippen molar-refractivity contribution in [1.29, 1.82) is 0 Å². The second kappa shape index (κ2) is 39.4. The van der Waals surface area contributed by atoms with Crippen molar-refractivity contribution in [2.24, 2.45) is 0 Å². The van der Waals surface area contributed by atoms with Crippen LogP contribution >= 0.6 is 0 Å². The highest BCUT2D eigenvalue weighted by atomic mass is 16.8. The summed E-state index contributed by atoms with van der Waals surface area (Å²) >= 11 is 0. The van der Waals surface area contributed by atoms with Gasteiger partial charge in [0.25, 0.3) is 0 Å². The van der Waals surface area contributed by atoms with E-state index in [1.54, 1.807) is 0 Å². The third kappa shape index (κ3) is 18.8. The minimum absolute atomic E-state index is 0.916. The van der Waals surface area contributed by atoms with Crippen LogP contribution in [-0.2, 0) is 90.0 Å². The second-order valence-electron chi connectivity index (χ2n) is 28.0. The van der Waals surface area contributed by atoms with Crippen molar-refractivity contribution in [1.82, 2.24) is 0 Å². The molecule has 0 saturated carbocycles. The van der Waals surface area contributed by atoms with Crippen molar-refractivity contribution in [3.05, 3.63) is 0 Å². The summed E-state index contributed by atoms with van der Waals surface area (Å²) in [4.78, 5) is 0. The molecular weight excluding hydrogens is 1540 g/mol. The molecule has 0 aromatic rings. The predicted octanol–water partition coefficient (Wildman–Crippen LogP) is -22.8. The molecule has 51 nitrogen and oxygen atoms in total. The van der Waals surface area contributed by atoms with E-state index in [9.17, 15) is 163 Å². The van der Waals surface area contributed by atoms with E-state index in [2.05, 4.69) is 0 Å². The average Bonchev–Trinajstić information content (AvgIpc) is 0.769. The molecule has 111 heavy (non-hydrogen) atoms. The Morgan fingerprint density at radius 3 is 0.414 bits per heavy atom. The molecule has 648 valence electrons. The number of ether oxygens (including phenoxy) is 19. The molecule has 1 unspecified atom stereocenters. The molecule has 10 aliphatic heterocycles. The van der Waals surface area contributed by atoms with E-state index < -0.39 is 373 Å². The average molecular weight is 1640 g/mol. The zero-order valence-electron chi connectivity index (χ0n) is 58.0. The van der Waals surface area contributed by atoms with E-state index >= 15 is 0 Å². The Bertz CT molecular complexity index is 2790. The third-order valence-corrected chi connectivity index (χ3v) is 20.9. The van der Waals surface area contributed by atoms with Crippen LogP contribution in [0.2, 0.25) is 0 Å². The Balaban J connectivity index is 0.813. The monoisotopic (exact) mass is 1640 g/mol. The van der Waals surface area contributed by atoms with Crippen LogP contribution < -0.4 is 0 Å². The largest absolute Gasteiger partial charge is 0.394 e. The molecule has 0 aromatic heterocycles. The first-order chi connectivity index (χ1) is 52.7. The third-order valence-electron chi connectivity index (χ3n) is 20.9. The first kappa shape index (κ1) is 91.3. The van der Waals surface area contributed by atoms with Crippen LogP contribution in [0, 0.1) is 0 Å². The summed E-state index contributed by atoms with van der Waals surface area (Å²) < 4.78 is 107. The summed E-state index contributed by atoms with van der Waals surface area (Å²) in [6.45, 7) is -10.9. The quantitative estimate of drug-likeness (QED) is 0.0346. The fourth-order valence-electron chi connectivity index (χ4n) is 14.4. The van der Waals surface area contributed by atoms with E-state index in [4.69, 9.17) is 90.0 Å². The van der Waals surface area contributed by atoms with Crippen molar-refractivity contribution < 1.29 is 253 Å². The summed E-state index contributed by atoms with van der Waals surface area (Å²) in [6, 6.07) is 0. The van der Waals surface area contributed by atoms with Gasteiger partial charge in [-0.3, -0.25) is 0 Å². The summed E-state index contributed by atoms with van der Waals surface area (Å²) in [5, 5.41) is 350. The molecular formula is C60H102O51. The van der Waals surface area contributed by atoms with Gasteiger partial charge in [-0.15, -0.1) is 0 Å². The van der Waals surface area contributed by atoms with Crippen LogP contribution in [0.3, 0.4) is 0 Å². The topological polar surface area (TPSA) is 823 Å². The smallest absolute Gasteiger partial charge is 0.187 e. The first-order valence-electron chi connectivity index (χ1n) is 35.2. The minimum atomic E-state index is -2.46. The molecule has 10 heterocycles. The van der Waals surface area contributed by atoms with Gasteiger partial charge in [-0.25, -0.2) is 0 Å². The van der Waals surface area contributed by atoms with E-state index in [1.165, 1.54) is 0 Å². The van der Waals surface area contributed by atoms with Crippen LogP contribution in [0.25, 0.3) is 0 Å². The van der Waals surface area contributed by atoms with Gasteiger partial charge in [-0.05, 0) is 0 Å². The second-order valence-corrected chi connectivity index (χ2v) is 28.0. The van der Waals surface area contributed by atoms with E-state index in [0.29, 0.717) is 0 Å². The van der Waals surface area contributed by atoms with E-state index in [0.717, 1.165) is 0 Å². The zero-order valence-corrected chi connectivity index (χ0v) is 58.0. The number of hydrogen-bond acceptors (Lipinski definition) is 51. The normalized spacial score (nSPS) is 53.7. The van der Waals surface area contributed by atoms with Crippen LogP contribution in [0.4, 0.5) is 0 Å². The highest BCUT2D eigenvalue weighted by Gasteiger charge is 2.62. The SMILES string of the molecule is OC[C@H]1O[C@@H](O[C@@H]2[C@@H](O)[C@H](O[C@@H]3[C@@H](O)[C@H](O[C@@H]4[C@@H](O)[C@H](O[C@@H]5[C@@H](O)[C@H](O[C@@H]6[C@@H](O)[C@H](O[C@@H]7[C@@H](O)[C@H](O[C@@H]8[C@@H](O)[C@H](O[C@@H]9[C@@H](O)[C@H](O[C@H]%10[C@H](O)[C@@H](CO)OC(O)[C@@H]%10O)O[C@H](CO)[C@H]9O)O[C@H](CO)[C@H]8O)O[C@H](CO)[C@H]7O)O[C@H](CO)[C@H]6O)O[C@H](CO)[C@H]5O)O[C@H](CO)[C@H]4O)O[C@H](CO)[C@H]3O)O[C@H](CO)[C@H]2O)[C@H](O)[C@@H](O)[C@@H]1O. The molecule has 0 bridgehead atoms. The fourth-order valence-corrected chi connectivity index (χ4v) is 14.4. The molecule has 32 N–H and O–H groups in total. The summed E-state index contributed by atoms with van der Waals surface area (Å²) in [6.07, 6.45) is -106. The Kier molecular flexibility index (Phi) is 32.4. The van der Waals surface area contributed by atoms with Gasteiger partial charge in [0, 0.05) is 0 Å². The molecule has 10 aliphatic rings. The van der Waals surface area contributed by atoms with E-state index in [-0.39, 0.29) is 0 Å². The number of hydrogen-bond donors (Lipinski definition) is 32. The molecule has 0 radical (unpaired) electrons. The summed E-state index contributed by atoms with van der Waals surface area (Å²) in [7, 11) is 0. The molecule has 0 aliphatic carbocycles. The highest BCUT2D eigenvalue weighted by Crippen LogP contribution is 2.41. The van der Waals surface area contributed by atoms with Crippen molar-refractivity contribution in [3.8, 4) is 0 Å². The molecule has 0 spiro atoms. The van der Waals surface area contributed by atoms with Crippen LogP contribution in [0.5, 0.6) is 0 Å². The molecule has 10 rings (SSSR count). The Morgan fingerprint density at radius 2 is 0.261 bits per heavy atom. The maximum absolute atomic E-state index is 11.9. The van der Waals surface area contributed by atoms with Crippen molar-refractivity contribution in [3.63, 3.8) is 0 Å². The van der Waals surface area contributed by atoms with Gasteiger partial charge in [0.1, 0.15) is 244 Å². The lowest BCUT2D eigenvalue weighted by Gasteiger charge is -2.50. The molecule has 10 fully saturated rings. The number of rotatable bonds is 28. The van der Waals surface area contributed by atoms with Gasteiger partial charge in [0.15, 0.2) is 62.9 Å². The first-order valence-corrected chi connectivity index (χ1v) is 35.2. The standard InChI is InChI=1S/C60H102O51/c61-1-11-21(71)31(81)32(82)52(94-11)104-43-23(73)13(3-63)96-54(34(43)84)106-45-25(75)15(5-65)98-56(36(45)86)108-47-27(77)17(7-67)100-58(38(47)88)110-49-29(79)19(9-69)102-60(40(49)90)111-50-30(80)20(10-70)101-59(41(50)91)109-48-28(78)18(8-68)99-57(39(48)89)107-46-26(76)16(6-66)97-55(37(46)87)105-44-24(74)14(4-64)95-53(35(44)85)103-42-22(72)12(2-62)93-51(92)33(42)83/h11-92H,1-10H2/t11-,12-,13-,14-,15-,16-,17-,18-,19-,20-,21-,22-,23-,24-,25-,26-,27-,28-,29-,30-,31+,32-,33-,34-,35-,36-,37-,38-,39-,40-,41-,42+,43+,44+,45+,46+,47+,48+,49+,50+,51?,52+,53+,54+,55+,56+,57+,58+,59+,60+/m1/s1. The predicted molar refractivity (Wildman–Crippen MR) is 330 cm³/mol. The fraction of sp³-hybridized carbons (Fsp3) is 1.00. The molecule has 51 heteroatoms. The number of aliphatic hydroxyl groups excluding tert-OH is 32. The van der Waals surface area contributed by atoms with Crippen LogP contribution in [-0.4, -0.2) is 537 Å². The Hall–Kier alpha value is -2.04. The van der Waals surface area contributed by atoms with Crippen LogP contribution in [0.1, 0.15) is 0 Å². The van der Waals surface area contributed by atoms with Crippen molar-refractivity contribution in [2.45, 2.75) is 307 Å². The summed E-state index contributed by atoms with van der Waals surface area (Å²) in [5.41, 5.74) is 0. The summed E-state index contributed by atoms with van der Waals surface area (Å²) in [5.74, 6) is 0. The van der Waals surface area contributed by atoms with Gasteiger partial charge in [-0.1, -0.05) is 0 Å². The van der Waals surface area contributed by atoms with Crippen molar-refractivity contribution in [2.75, 3.05) is 66.1 Å². The lowest BCUT2D eigenvalue weighted by molar-refractivity contribution is -0.403. The maximum Gasteiger partial charge on any atom is 0.187 e. The van der Waals surface area contributed by atoms with E-state index in [1.807, 2.05) is 0 Å². The lowest BCUT2D eigenvalue weighted by Crippen LogP contribution is -2.69. The highest BCUT2D eigenvalue weighted by molar-refractivity contribution is 5.04. The Labute approximate surface area is 625 Å². The van der Waals surface area contributed by atoms with Gasteiger partial charge in [-0.2, -0.15) is 0 Å². The van der Waals surface area contributed by atoms with Gasteiger partial charge in [0.05, 0.1) is 66.1 Å². The van der Waals surface area contributed by atoms with Crippen molar-refractivity contribution >= 4 is 0 Å². The lowest BCUT2D eigenvalue weighted by atomic mass is 9.94. The molecule has 0 aromatic carbocycles. The molecule has 0 amide bonds.